The van der Waals surface area contributed by atoms with E-state index in [9.17, 15) is 19.8 Å². The highest BCUT2D eigenvalue weighted by atomic mass is 32.2. The predicted molar refractivity (Wildman–Crippen MR) is 78.0 cm³/mol. The van der Waals surface area contributed by atoms with Crippen molar-refractivity contribution < 1.29 is 19.8 Å². The van der Waals surface area contributed by atoms with Crippen LogP contribution in [0.15, 0.2) is 4.99 Å². The van der Waals surface area contributed by atoms with Crippen LogP contribution in [0.3, 0.4) is 0 Å². The zero-order chi connectivity index (χ0) is 15.1. The van der Waals surface area contributed by atoms with Gasteiger partial charge < -0.3 is 20.7 Å². The maximum absolute atomic E-state index is 11.3. The third-order valence-corrected chi connectivity index (χ3v) is 4.67. The van der Waals surface area contributed by atoms with E-state index in [1.165, 1.54) is 25.0 Å². The SMILES string of the molecule is C[C@@H](O)[C@@H](C=O)[C@H]1C[C@@H](SCCN=CN)C(C(=O)O)N1. The number of hydrogen-bond donors (Lipinski definition) is 4. The van der Waals surface area contributed by atoms with Gasteiger partial charge in [0.15, 0.2) is 0 Å². The van der Waals surface area contributed by atoms with E-state index in [0.29, 0.717) is 25.0 Å². The summed E-state index contributed by atoms with van der Waals surface area (Å²) < 4.78 is 0. The largest absolute Gasteiger partial charge is 0.480 e. The number of thioether (sulfide) groups is 1. The van der Waals surface area contributed by atoms with Crippen LogP contribution in [-0.2, 0) is 9.59 Å². The standard InChI is InChI=1S/C12H21N3O4S/c1-7(17)8(5-16)9-4-10(11(15-9)12(18)19)20-3-2-14-6-13/h5-11,15,17H,2-4H2,1H3,(H2,13,14)(H,18,19)/t7-,8-,9-,10-,11?/m1/s1. The molecule has 1 aliphatic rings. The van der Waals surface area contributed by atoms with Crippen molar-refractivity contribution in [3.8, 4) is 0 Å². The Morgan fingerprint density at radius 3 is 2.85 bits per heavy atom. The smallest absolute Gasteiger partial charge is 0.321 e. The summed E-state index contributed by atoms with van der Waals surface area (Å²) in [6.45, 7) is 2.06. The highest BCUT2D eigenvalue weighted by Gasteiger charge is 2.42. The van der Waals surface area contributed by atoms with Gasteiger partial charge in [0.25, 0.3) is 0 Å². The summed E-state index contributed by atoms with van der Waals surface area (Å²) in [5.41, 5.74) is 5.14. The molecule has 114 valence electrons. The number of carbonyl (C=O) groups excluding carboxylic acids is 1. The minimum absolute atomic E-state index is 0.147. The first-order chi connectivity index (χ1) is 9.51. The maximum atomic E-state index is 11.3. The fourth-order valence-electron chi connectivity index (χ4n) is 2.33. The Labute approximate surface area is 122 Å². The van der Waals surface area contributed by atoms with Crippen molar-refractivity contribution in [3.63, 3.8) is 0 Å². The van der Waals surface area contributed by atoms with Gasteiger partial charge in [0.1, 0.15) is 12.3 Å². The van der Waals surface area contributed by atoms with Gasteiger partial charge in [0, 0.05) is 23.6 Å². The molecule has 7 nitrogen and oxygen atoms in total. The minimum atomic E-state index is -0.942. The molecule has 5 atom stereocenters. The minimum Gasteiger partial charge on any atom is -0.480 e. The van der Waals surface area contributed by atoms with E-state index in [1.54, 1.807) is 0 Å². The normalized spacial score (nSPS) is 29.4. The number of nitrogens with one attached hydrogen (secondary N) is 1. The zero-order valence-corrected chi connectivity index (χ0v) is 12.1. The van der Waals surface area contributed by atoms with E-state index < -0.39 is 24.0 Å². The number of aliphatic imine (C=N–C) groups is 1. The first-order valence-electron chi connectivity index (χ1n) is 6.45. The number of aliphatic hydroxyl groups excluding tert-OH is 1. The average molecular weight is 303 g/mol. The van der Waals surface area contributed by atoms with Crippen LogP contribution in [0.4, 0.5) is 0 Å². The van der Waals surface area contributed by atoms with Gasteiger partial charge in [-0.25, -0.2) is 0 Å². The van der Waals surface area contributed by atoms with Gasteiger partial charge in [0.2, 0.25) is 0 Å². The maximum Gasteiger partial charge on any atom is 0.321 e. The van der Waals surface area contributed by atoms with Crippen LogP contribution in [0.1, 0.15) is 13.3 Å². The first-order valence-corrected chi connectivity index (χ1v) is 7.50. The molecule has 0 aromatic heterocycles. The molecular weight excluding hydrogens is 282 g/mol. The number of rotatable bonds is 8. The number of nitrogens with zero attached hydrogens (tertiary/aromatic N) is 1. The van der Waals surface area contributed by atoms with E-state index in [2.05, 4.69) is 10.3 Å². The van der Waals surface area contributed by atoms with Crippen LogP contribution in [0.2, 0.25) is 0 Å². The number of carboxylic acid groups (broad SMARTS) is 1. The van der Waals surface area contributed by atoms with Crippen LogP contribution in [0.5, 0.6) is 0 Å². The fraction of sp³-hybridized carbons (Fsp3) is 0.750. The molecule has 20 heavy (non-hydrogen) atoms. The molecular formula is C12H21N3O4S. The number of aliphatic carboxylic acids is 1. The molecule has 0 saturated carbocycles. The Morgan fingerprint density at radius 1 is 1.65 bits per heavy atom. The first kappa shape index (κ1) is 16.9. The van der Waals surface area contributed by atoms with E-state index in [4.69, 9.17) is 5.73 Å². The molecule has 0 bridgehead atoms. The van der Waals surface area contributed by atoms with Crippen molar-refractivity contribution in [2.75, 3.05) is 12.3 Å². The lowest BCUT2D eigenvalue weighted by molar-refractivity contribution is -0.139. The molecule has 8 heteroatoms. The Morgan fingerprint density at radius 2 is 2.35 bits per heavy atom. The summed E-state index contributed by atoms with van der Waals surface area (Å²) in [4.78, 5) is 26.1. The molecule has 1 aliphatic heterocycles. The Kier molecular flexibility index (Phi) is 6.97. The van der Waals surface area contributed by atoms with Gasteiger partial charge in [-0.05, 0) is 13.3 Å². The number of aldehydes is 1. The molecule has 1 saturated heterocycles. The van der Waals surface area contributed by atoms with Crippen LogP contribution in [0, 0.1) is 5.92 Å². The van der Waals surface area contributed by atoms with Gasteiger partial charge in [-0.3, -0.25) is 15.1 Å². The highest BCUT2D eigenvalue weighted by Crippen LogP contribution is 2.30. The number of hydrogen-bond acceptors (Lipinski definition) is 6. The molecule has 1 heterocycles. The molecule has 1 fully saturated rings. The Hall–Kier alpha value is -1.12. The number of nitrogens with two attached hydrogens (primary N) is 1. The van der Waals surface area contributed by atoms with Gasteiger partial charge in [0.05, 0.1) is 18.4 Å². The molecule has 0 spiro atoms. The van der Waals surface area contributed by atoms with Crippen LogP contribution in [0.25, 0.3) is 0 Å². The van der Waals surface area contributed by atoms with Crippen LogP contribution in [-0.4, -0.2) is 64.5 Å². The van der Waals surface area contributed by atoms with E-state index in [1.807, 2.05) is 0 Å². The predicted octanol–water partition coefficient (Wildman–Crippen LogP) is -0.914. The molecule has 0 radical (unpaired) electrons. The summed E-state index contributed by atoms with van der Waals surface area (Å²) in [7, 11) is 0. The number of carboxylic acids is 1. The molecule has 0 aromatic carbocycles. The molecule has 0 aliphatic carbocycles. The van der Waals surface area contributed by atoms with Crippen molar-refractivity contribution in [1.29, 1.82) is 0 Å². The fourth-order valence-corrected chi connectivity index (χ4v) is 3.58. The second-order valence-corrected chi connectivity index (χ2v) is 6.09. The summed E-state index contributed by atoms with van der Waals surface area (Å²) in [6, 6.07) is -1.03. The van der Waals surface area contributed by atoms with E-state index >= 15 is 0 Å². The molecule has 1 rings (SSSR count). The van der Waals surface area contributed by atoms with Crippen LogP contribution >= 0.6 is 11.8 Å². The topological polar surface area (TPSA) is 125 Å². The second kappa shape index (κ2) is 8.23. The summed E-state index contributed by atoms with van der Waals surface area (Å²) in [5.74, 6) is -0.871. The molecule has 0 aromatic rings. The lowest BCUT2D eigenvalue weighted by Crippen LogP contribution is -2.44. The zero-order valence-electron chi connectivity index (χ0n) is 11.3. The van der Waals surface area contributed by atoms with Gasteiger partial charge in [-0.1, -0.05) is 0 Å². The van der Waals surface area contributed by atoms with Gasteiger partial charge >= 0.3 is 5.97 Å². The van der Waals surface area contributed by atoms with Gasteiger partial charge in [-0.15, -0.1) is 0 Å². The molecule has 0 amide bonds. The number of carbonyl (C=O) groups is 2. The second-order valence-electron chi connectivity index (χ2n) is 4.74. The van der Waals surface area contributed by atoms with E-state index in [0.717, 1.165) is 0 Å². The van der Waals surface area contributed by atoms with Crippen molar-refractivity contribution in [1.82, 2.24) is 5.32 Å². The van der Waals surface area contributed by atoms with Crippen LogP contribution < -0.4 is 11.1 Å². The van der Waals surface area contributed by atoms with Crippen molar-refractivity contribution in [2.45, 2.75) is 36.8 Å². The third-order valence-electron chi connectivity index (χ3n) is 3.35. The lowest BCUT2D eigenvalue weighted by Gasteiger charge is -2.21. The quantitative estimate of drug-likeness (QED) is 0.198. The van der Waals surface area contributed by atoms with Crippen molar-refractivity contribution in [3.05, 3.63) is 0 Å². The number of aliphatic hydroxyl groups is 1. The average Bonchev–Trinajstić information content (AvgIpc) is 2.79. The third kappa shape index (κ3) is 4.46. The Balaban J connectivity index is 2.63. The van der Waals surface area contributed by atoms with Gasteiger partial charge in [-0.2, -0.15) is 11.8 Å². The summed E-state index contributed by atoms with van der Waals surface area (Å²) in [6.07, 6.45) is 1.64. The summed E-state index contributed by atoms with van der Waals surface area (Å²) >= 11 is 1.49. The summed E-state index contributed by atoms with van der Waals surface area (Å²) in [5, 5.41) is 21.6. The van der Waals surface area contributed by atoms with Crippen molar-refractivity contribution in [2.24, 2.45) is 16.6 Å². The molecule has 5 N–H and O–H groups in total. The highest BCUT2D eigenvalue weighted by molar-refractivity contribution is 8.00. The Bertz CT molecular complexity index is 365. The van der Waals surface area contributed by atoms with Crippen molar-refractivity contribution >= 4 is 30.4 Å². The monoisotopic (exact) mass is 303 g/mol. The molecule has 1 unspecified atom stereocenters. The van der Waals surface area contributed by atoms with E-state index in [-0.39, 0.29) is 11.3 Å². The lowest BCUT2D eigenvalue weighted by atomic mass is 9.95.